The number of halogens is 1. The molecule has 0 N–H and O–H groups in total. The van der Waals surface area contributed by atoms with E-state index in [-0.39, 0.29) is 37.2 Å². The highest BCUT2D eigenvalue weighted by molar-refractivity contribution is 5.92. The molecule has 2 aromatic rings. The maximum absolute atomic E-state index is 13.1. The Balaban J connectivity index is 2.08. The Kier molecular flexibility index (Phi) is 7.74. The van der Waals surface area contributed by atoms with Crippen molar-refractivity contribution in [2.45, 2.75) is 26.8 Å². The lowest BCUT2D eigenvalue weighted by Crippen LogP contribution is -2.31. The van der Waals surface area contributed by atoms with E-state index in [0.717, 1.165) is 16.7 Å². The Morgan fingerprint density at radius 2 is 1.74 bits per heavy atom. The molecule has 0 saturated heterocycles. The van der Waals surface area contributed by atoms with Crippen molar-refractivity contribution in [2.24, 2.45) is 0 Å². The summed E-state index contributed by atoms with van der Waals surface area (Å²) in [6, 6.07) is 13.8. The zero-order valence-corrected chi connectivity index (χ0v) is 15.7. The Morgan fingerprint density at radius 1 is 1.07 bits per heavy atom. The predicted molar refractivity (Wildman–Crippen MR) is 103 cm³/mol. The van der Waals surface area contributed by atoms with Gasteiger partial charge in [-0.1, -0.05) is 42.0 Å². The molecule has 0 spiro atoms. The first-order chi connectivity index (χ1) is 13.0. The smallest absolute Gasteiger partial charge is 0.307 e. The van der Waals surface area contributed by atoms with Gasteiger partial charge in [0.2, 0.25) is 5.91 Å². The van der Waals surface area contributed by atoms with Crippen LogP contribution in [0.1, 0.15) is 30.0 Å². The zero-order chi connectivity index (χ0) is 19.6. The third kappa shape index (κ3) is 7.05. The second-order valence-corrected chi connectivity index (χ2v) is 6.19. The number of benzene rings is 2. The van der Waals surface area contributed by atoms with Crippen LogP contribution in [0.2, 0.25) is 0 Å². The Hall–Kier alpha value is -2.95. The molecule has 0 bridgehead atoms. The molecule has 0 fully saturated rings. The van der Waals surface area contributed by atoms with Crippen LogP contribution in [0, 0.1) is 12.7 Å². The van der Waals surface area contributed by atoms with Crippen molar-refractivity contribution in [1.82, 2.24) is 4.90 Å². The number of amides is 1. The van der Waals surface area contributed by atoms with Crippen LogP contribution in [0.4, 0.5) is 4.39 Å². The van der Waals surface area contributed by atoms with Crippen LogP contribution in [-0.2, 0) is 20.9 Å². The molecule has 0 aliphatic rings. The molecule has 0 unspecified atom stereocenters. The van der Waals surface area contributed by atoms with Gasteiger partial charge in [-0.3, -0.25) is 9.59 Å². The highest BCUT2D eigenvalue weighted by Crippen LogP contribution is 2.10. The lowest BCUT2D eigenvalue weighted by atomic mass is 10.1. The Bertz CT molecular complexity index is 782. The minimum absolute atomic E-state index is 0.110. The lowest BCUT2D eigenvalue weighted by molar-refractivity contribution is -0.143. The minimum atomic E-state index is -0.350. The second-order valence-electron chi connectivity index (χ2n) is 6.19. The molecule has 0 saturated carbocycles. The summed E-state index contributed by atoms with van der Waals surface area (Å²) >= 11 is 0. The first kappa shape index (κ1) is 20.4. The molecule has 2 aromatic carbocycles. The maximum atomic E-state index is 13.1. The van der Waals surface area contributed by atoms with Crippen LogP contribution in [-0.4, -0.2) is 29.9 Å². The maximum Gasteiger partial charge on any atom is 0.307 e. The van der Waals surface area contributed by atoms with E-state index in [0.29, 0.717) is 6.61 Å². The van der Waals surface area contributed by atoms with Gasteiger partial charge in [0.15, 0.2) is 0 Å². The van der Waals surface area contributed by atoms with Gasteiger partial charge in [-0.05, 0) is 43.2 Å². The summed E-state index contributed by atoms with van der Waals surface area (Å²) in [7, 11) is 0. The number of hydrogen-bond acceptors (Lipinski definition) is 3. The van der Waals surface area contributed by atoms with Crippen molar-refractivity contribution in [3.63, 3.8) is 0 Å². The van der Waals surface area contributed by atoms with Crippen LogP contribution in [0.25, 0.3) is 6.08 Å². The molecule has 142 valence electrons. The molecular formula is C22H24FNO3. The van der Waals surface area contributed by atoms with Crippen LogP contribution in [0.3, 0.4) is 0 Å². The molecule has 1 amide bonds. The van der Waals surface area contributed by atoms with Crippen molar-refractivity contribution >= 4 is 18.0 Å². The Labute approximate surface area is 159 Å². The first-order valence-corrected chi connectivity index (χ1v) is 8.91. The van der Waals surface area contributed by atoms with E-state index >= 15 is 0 Å². The summed E-state index contributed by atoms with van der Waals surface area (Å²) in [5.74, 6) is -0.900. The van der Waals surface area contributed by atoms with Gasteiger partial charge in [0.05, 0.1) is 13.0 Å². The monoisotopic (exact) mass is 369 g/mol. The number of carbonyl (C=O) groups is 2. The topological polar surface area (TPSA) is 46.6 Å². The lowest BCUT2D eigenvalue weighted by Gasteiger charge is -2.21. The summed E-state index contributed by atoms with van der Waals surface area (Å²) < 4.78 is 18.0. The molecule has 0 aliphatic carbocycles. The third-order valence-corrected chi connectivity index (χ3v) is 3.99. The largest absolute Gasteiger partial charge is 0.466 e. The number of nitrogens with zero attached hydrogens (tertiary/aromatic N) is 1. The predicted octanol–water partition coefficient (Wildman–Crippen LogP) is 4.13. The molecule has 0 radical (unpaired) electrons. The van der Waals surface area contributed by atoms with Gasteiger partial charge in [0.25, 0.3) is 0 Å². The first-order valence-electron chi connectivity index (χ1n) is 8.91. The number of ether oxygens (including phenoxy) is 1. The van der Waals surface area contributed by atoms with Gasteiger partial charge in [-0.25, -0.2) is 4.39 Å². The van der Waals surface area contributed by atoms with Crippen molar-refractivity contribution in [1.29, 1.82) is 0 Å². The van der Waals surface area contributed by atoms with Gasteiger partial charge in [0, 0.05) is 19.2 Å². The van der Waals surface area contributed by atoms with E-state index in [2.05, 4.69) is 0 Å². The Morgan fingerprint density at radius 3 is 2.37 bits per heavy atom. The van der Waals surface area contributed by atoms with Crippen LogP contribution >= 0.6 is 0 Å². The fraction of sp³-hybridized carbons (Fsp3) is 0.273. The third-order valence-electron chi connectivity index (χ3n) is 3.99. The van der Waals surface area contributed by atoms with E-state index < -0.39 is 0 Å². The summed E-state index contributed by atoms with van der Waals surface area (Å²) in [4.78, 5) is 25.8. The molecular weight excluding hydrogens is 345 g/mol. The number of carbonyl (C=O) groups excluding carboxylic acids is 2. The number of esters is 1. The van der Waals surface area contributed by atoms with E-state index in [9.17, 15) is 14.0 Å². The summed E-state index contributed by atoms with van der Waals surface area (Å²) in [6.45, 7) is 4.56. The number of aryl methyl sites for hydroxylation is 1. The highest BCUT2D eigenvalue weighted by atomic mass is 19.1. The van der Waals surface area contributed by atoms with Gasteiger partial charge >= 0.3 is 5.97 Å². The van der Waals surface area contributed by atoms with Crippen molar-refractivity contribution in [3.8, 4) is 0 Å². The number of hydrogen-bond donors (Lipinski definition) is 0. The van der Waals surface area contributed by atoms with Crippen molar-refractivity contribution in [2.75, 3.05) is 13.2 Å². The molecule has 0 atom stereocenters. The van der Waals surface area contributed by atoms with E-state index in [1.807, 2.05) is 31.2 Å². The highest BCUT2D eigenvalue weighted by Gasteiger charge is 2.14. The average molecular weight is 369 g/mol. The molecule has 0 heterocycles. The van der Waals surface area contributed by atoms with Gasteiger partial charge in [-0.2, -0.15) is 0 Å². The second kappa shape index (κ2) is 10.3. The number of rotatable bonds is 8. The molecule has 5 heteroatoms. The quantitative estimate of drug-likeness (QED) is 0.519. The molecule has 0 aliphatic heterocycles. The standard InChI is InChI=1S/C22H24FNO3/c1-3-27-22(26)14-15-24(16-19-8-11-20(23)12-9-19)21(25)13-10-18-6-4-17(2)5-7-18/h4-13H,3,14-16H2,1-2H3/b13-10+. The SMILES string of the molecule is CCOC(=O)CCN(Cc1ccc(F)cc1)C(=O)/C=C/c1ccc(C)cc1. The summed E-state index contributed by atoms with van der Waals surface area (Å²) in [5.41, 5.74) is 2.85. The van der Waals surface area contributed by atoms with E-state index in [4.69, 9.17) is 4.74 Å². The molecule has 4 nitrogen and oxygen atoms in total. The zero-order valence-electron chi connectivity index (χ0n) is 15.7. The van der Waals surface area contributed by atoms with Crippen LogP contribution < -0.4 is 0 Å². The van der Waals surface area contributed by atoms with E-state index in [1.165, 1.54) is 18.2 Å². The van der Waals surface area contributed by atoms with Crippen molar-refractivity contribution in [3.05, 3.63) is 77.1 Å². The van der Waals surface area contributed by atoms with Gasteiger partial charge in [0.1, 0.15) is 5.82 Å². The summed E-state index contributed by atoms with van der Waals surface area (Å²) in [6.07, 6.45) is 3.34. The van der Waals surface area contributed by atoms with Crippen molar-refractivity contribution < 1.29 is 18.7 Å². The fourth-order valence-corrected chi connectivity index (χ4v) is 2.49. The molecule has 0 aromatic heterocycles. The van der Waals surface area contributed by atoms with Gasteiger partial charge < -0.3 is 9.64 Å². The van der Waals surface area contributed by atoms with Crippen LogP contribution in [0.5, 0.6) is 0 Å². The van der Waals surface area contributed by atoms with Crippen LogP contribution in [0.15, 0.2) is 54.6 Å². The molecule has 27 heavy (non-hydrogen) atoms. The fourth-order valence-electron chi connectivity index (χ4n) is 2.49. The van der Waals surface area contributed by atoms with Gasteiger partial charge in [-0.15, -0.1) is 0 Å². The summed E-state index contributed by atoms with van der Waals surface area (Å²) in [5, 5.41) is 0. The minimum Gasteiger partial charge on any atom is -0.466 e. The van der Waals surface area contributed by atoms with E-state index in [1.54, 1.807) is 30.0 Å². The average Bonchev–Trinajstić information content (AvgIpc) is 2.66. The normalized spacial score (nSPS) is 10.8. The molecule has 2 rings (SSSR count).